The highest BCUT2D eigenvalue weighted by molar-refractivity contribution is 7.17. The van der Waals surface area contributed by atoms with Crippen LogP contribution < -0.4 is 11.1 Å². The van der Waals surface area contributed by atoms with Crippen LogP contribution in [0.4, 0.5) is 10.8 Å². The van der Waals surface area contributed by atoms with Gasteiger partial charge < -0.3 is 11.1 Å². The molecule has 106 valence electrons. The number of nitrogens with zero attached hydrogens (tertiary/aromatic N) is 4. The second-order valence-corrected chi connectivity index (χ2v) is 5.32. The average molecular weight is 300 g/mol. The SMILES string of the molecule is Cc1nc(N)sc1C(=O)Nc1ccccc1-n1ccnn1. The summed E-state index contributed by atoms with van der Waals surface area (Å²) in [6.07, 6.45) is 3.29. The highest BCUT2D eigenvalue weighted by Gasteiger charge is 2.16. The number of nitrogens with two attached hydrogens (primary N) is 1. The van der Waals surface area contributed by atoms with Crippen molar-refractivity contribution >= 4 is 28.1 Å². The molecule has 2 aromatic heterocycles. The van der Waals surface area contributed by atoms with Crippen molar-refractivity contribution in [1.29, 1.82) is 0 Å². The second kappa shape index (κ2) is 5.33. The van der Waals surface area contributed by atoms with E-state index in [1.807, 2.05) is 18.2 Å². The van der Waals surface area contributed by atoms with Crippen molar-refractivity contribution in [2.45, 2.75) is 6.92 Å². The first-order valence-electron chi connectivity index (χ1n) is 6.15. The number of anilines is 2. The summed E-state index contributed by atoms with van der Waals surface area (Å²) in [6.45, 7) is 1.76. The number of carbonyl (C=O) groups excluding carboxylic acids is 1. The van der Waals surface area contributed by atoms with E-state index in [4.69, 9.17) is 5.73 Å². The predicted molar refractivity (Wildman–Crippen MR) is 80.6 cm³/mol. The zero-order valence-corrected chi connectivity index (χ0v) is 12.0. The number of aromatic nitrogens is 4. The number of rotatable bonds is 3. The molecule has 3 N–H and O–H groups in total. The molecule has 0 fully saturated rings. The first-order valence-corrected chi connectivity index (χ1v) is 6.97. The van der Waals surface area contributed by atoms with E-state index in [0.29, 0.717) is 21.4 Å². The smallest absolute Gasteiger partial charge is 0.267 e. The molecule has 21 heavy (non-hydrogen) atoms. The van der Waals surface area contributed by atoms with E-state index in [2.05, 4.69) is 20.6 Å². The van der Waals surface area contributed by atoms with E-state index < -0.39 is 0 Å². The zero-order chi connectivity index (χ0) is 14.8. The van der Waals surface area contributed by atoms with Crippen LogP contribution in [-0.2, 0) is 0 Å². The molecule has 3 rings (SSSR count). The summed E-state index contributed by atoms with van der Waals surface area (Å²) in [5, 5.41) is 10.9. The van der Waals surface area contributed by atoms with Crippen molar-refractivity contribution < 1.29 is 4.79 Å². The second-order valence-electron chi connectivity index (χ2n) is 4.29. The van der Waals surface area contributed by atoms with Crippen LogP contribution in [0, 0.1) is 6.92 Å². The van der Waals surface area contributed by atoms with Gasteiger partial charge in [-0.05, 0) is 19.1 Å². The van der Waals surface area contributed by atoms with Crippen molar-refractivity contribution in [3.63, 3.8) is 0 Å². The van der Waals surface area contributed by atoms with Crippen molar-refractivity contribution in [3.05, 3.63) is 47.2 Å². The molecule has 0 spiro atoms. The number of aryl methyl sites for hydroxylation is 1. The highest BCUT2D eigenvalue weighted by Crippen LogP contribution is 2.23. The van der Waals surface area contributed by atoms with Crippen LogP contribution in [0.3, 0.4) is 0 Å². The lowest BCUT2D eigenvalue weighted by atomic mass is 10.2. The van der Waals surface area contributed by atoms with Gasteiger partial charge in [-0.15, -0.1) is 5.10 Å². The summed E-state index contributed by atoms with van der Waals surface area (Å²) in [5.74, 6) is -0.241. The molecule has 3 aromatic rings. The summed E-state index contributed by atoms with van der Waals surface area (Å²) in [6, 6.07) is 7.35. The Hall–Kier alpha value is -2.74. The van der Waals surface area contributed by atoms with Crippen LogP contribution in [0.2, 0.25) is 0 Å². The summed E-state index contributed by atoms with van der Waals surface area (Å²) in [5.41, 5.74) is 7.61. The molecule has 1 aromatic carbocycles. The van der Waals surface area contributed by atoms with Crippen LogP contribution in [0.5, 0.6) is 0 Å². The van der Waals surface area contributed by atoms with Crippen molar-refractivity contribution in [2.24, 2.45) is 0 Å². The lowest BCUT2D eigenvalue weighted by Crippen LogP contribution is -2.13. The molecule has 1 amide bonds. The van der Waals surface area contributed by atoms with Gasteiger partial charge >= 0.3 is 0 Å². The number of thiazole rings is 1. The minimum atomic E-state index is -0.241. The Kier molecular flexibility index (Phi) is 3.36. The summed E-state index contributed by atoms with van der Waals surface area (Å²) >= 11 is 1.16. The topological polar surface area (TPSA) is 98.7 Å². The molecule has 0 bridgehead atoms. The molecule has 0 aliphatic rings. The van der Waals surface area contributed by atoms with Crippen LogP contribution >= 0.6 is 11.3 Å². The number of nitrogens with one attached hydrogen (secondary N) is 1. The Morgan fingerprint density at radius 1 is 1.38 bits per heavy atom. The molecule has 0 unspecified atom stereocenters. The zero-order valence-electron chi connectivity index (χ0n) is 11.1. The third-order valence-corrected chi connectivity index (χ3v) is 3.83. The van der Waals surface area contributed by atoms with Crippen molar-refractivity contribution in [1.82, 2.24) is 20.0 Å². The van der Waals surface area contributed by atoms with Crippen LogP contribution in [0.15, 0.2) is 36.7 Å². The number of hydrogen-bond acceptors (Lipinski definition) is 6. The van der Waals surface area contributed by atoms with Crippen molar-refractivity contribution in [2.75, 3.05) is 11.1 Å². The van der Waals surface area contributed by atoms with E-state index in [1.54, 1.807) is 30.1 Å². The van der Waals surface area contributed by atoms with Gasteiger partial charge in [-0.3, -0.25) is 4.79 Å². The Labute approximate surface area is 124 Å². The fourth-order valence-corrected chi connectivity index (χ4v) is 2.65. The number of hydrogen-bond donors (Lipinski definition) is 2. The molecule has 0 aliphatic heterocycles. The molecule has 2 heterocycles. The van der Waals surface area contributed by atoms with E-state index >= 15 is 0 Å². The minimum absolute atomic E-state index is 0.241. The Balaban J connectivity index is 1.92. The number of para-hydroxylation sites is 2. The van der Waals surface area contributed by atoms with E-state index in [9.17, 15) is 4.79 Å². The monoisotopic (exact) mass is 300 g/mol. The molecule has 0 saturated heterocycles. The Bertz CT molecular complexity index is 780. The van der Waals surface area contributed by atoms with Gasteiger partial charge in [-0.25, -0.2) is 9.67 Å². The molecule has 8 heteroatoms. The normalized spacial score (nSPS) is 10.5. The number of carbonyl (C=O) groups is 1. The molecule has 7 nitrogen and oxygen atoms in total. The third-order valence-electron chi connectivity index (χ3n) is 2.84. The summed E-state index contributed by atoms with van der Waals surface area (Å²) in [7, 11) is 0. The van der Waals surface area contributed by atoms with Gasteiger partial charge in [-0.1, -0.05) is 28.7 Å². The molecule has 0 radical (unpaired) electrons. The van der Waals surface area contributed by atoms with E-state index in [0.717, 1.165) is 17.0 Å². The maximum absolute atomic E-state index is 12.3. The lowest BCUT2D eigenvalue weighted by Gasteiger charge is -2.09. The largest absolute Gasteiger partial charge is 0.375 e. The van der Waals surface area contributed by atoms with Crippen molar-refractivity contribution in [3.8, 4) is 5.69 Å². The maximum atomic E-state index is 12.3. The highest BCUT2D eigenvalue weighted by atomic mass is 32.1. The van der Waals surface area contributed by atoms with E-state index in [-0.39, 0.29) is 5.91 Å². The van der Waals surface area contributed by atoms with Gasteiger partial charge in [0.2, 0.25) is 0 Å². The molecule has 0 saturated carbocycles. The van der Waals surface area contributed by atoms with Gasteiger partial charge in [0.05, 0.1) is 29.5 Å². The van der Waals surface area contributed by atoms with Crippen LogP contribution in [0.25, 0.3) is 5.69 Å². The minimum Gasteiger partial charge on any atom is -0.375 e. The average Bonchev–Trinajstić information content (AvgIpc) is 3.09. The van der Waals surface area contributed by atoms with E-state index in [1.165, 1.54) is 0 Å². The van der Waals surface area contributed by atoms with Gasteiger partial charge in [0, 0.05) is 0 Å². The molecular formula is C13H12N6OS. The number of nitrogen functional groups attached to an aromatic ring is 1. The van der Waals surface area contributed by atoms with Gasteiger partial charge in [-0.2, -0.15) is 0 Å². The third kappa shape index (κ3) is 2.61. The van der Waals surface area contributed by atoms with Gasteiger partial charge in [0.25, 0.3) is 5.91 Å². The Morgan fingerprint density at radius 2 is 2.19 bits per heavy atom. The summed E-state index contributed by atoms with van der Waals surface area (Å²) < 4.78 is 1.59. The maximum Gasteiger partial charge on any atom is 0.267 e. The Morgan fingerprint density at radius 3 is 2.86 bits per heavy atom. The standard InChI is InChI=1S/C13H12N6OS/c1-8-11(21-13(14)16-8)12(20)17-9-4-2-3-5-10(9)19-7-6-15-18-19/h2-7H,1H3,(H2,14,16)(H,17,20). The van der Waals surface area contributed by atoms with Crippen LogP contribution in [0.1, 0.15) is 15.4 Å². The molecule has 0 atom stereocenters. The lowest BCUT2D eigenvalue weighted by molar-refractivity contribution is 0.103. The quantitative estimate of drug-likeness (QED) is 0.769. The number of amides is 1. The number of benzene rings is 1. The molecule has 0 aliphatic carbocycles. The van der Waals surface area contributed by atoms with Gasteiger partial charge in [0.1, 0.15) is 4.88 Å². The first-order chi connectivity index (χ1) is 10.1. The van der Waals surface area contributed by atoms with Crippen LogP contribution in [-0.4, -0.2) is 25.9 Å². The predicted octanol–water partition coefficient (Wildman–Crippen LogP) is 1.87. The first kappa shape index (κ1) is 13.3. The summed E-state index contributed by atoms with van der Waals surface area (Å²) in [4.78, 5) is 16.9. The molecular weight excluding hydrogens is 288 g/mol. The fourth-order valence-electron chi connectivity index (χ4n) is 1.92. The fraction of sp³-hybridized carbons (Fsp3) is 0.0769. The van der Waals surface area contributed by atoms with Gasteiger partial charge in [0.15, 0.2) is 5.13 Å².